The second-order valence-electron chi connectivity index (χ2n) is 5.78. The van der Waals surface area contributed by atoms with Crippen molar-refractivity contribution in [2.24, 2.45) is 0 Å². The summed E-state index contributed by atoms with van der Waals surface area (Å²) >= 11 is 0. The number of hydrogen-bond donors (Lipinski definition) is 1. The predicted octanol–water partition coefficient (Wildman–Crippen LogP) is 3.18. The van der Waals surface area contributed by atoms with Gasteiger partial charge in [0, 0.05) is 23.4 Å². The van der Waals surface area contributed by atoms with Crippen molar-refractivity contribution in [2.75, 3.05) is 18.5 Å². The molecule has 140 valence electrons. The summed E-state index contributed by atoms with van der Waals surface area (Å²) in [5.74, 6) is -0.554. The number of halogens is 1. The van der Waals surface area contributed by atoms with Crippen molar-refractivity contribution < 1.29 is 28.2 Å². The van der Waals surface area contributed by atoms with E-state index in [1.165, 1.54) is 25.1 Å². The molecular formula is C20H18FNO5. The van der Waals surface area contributed by atoms with E-state index in [4.69, 9.17) is 14.2 Å². The fraction of sp³-hybridized carbons (Fsp3) is 0.200. The minimum atomic E-state index is -1.03. The molecule has 0 saturated carbocycles. The molecule has 0 spiro atoms. The Morgan fingerprint density at radius 2 is 1.89 bits per heavy atom. The monoisotopic (exact) mass is 371 g/mol. The van der Waals surface area contributed by atoms with Gasteiger partial charge in [0.25, 0.3) is 5.91 Å². The molecule has 0 aliphatic carbocycles. The minimum absolute atomic E-state index is 0.253. The zero-order valence-electron chi connectivity index (χ0n) is 14.6. The molecule has 1 atom stereocenters. The fourth-order valence-corrected chi connectivity index (χ4v) is 2.40. The first-order chi connectivity index (χ1) is 13.0. The number of carbonyl (C=O) groups is 2. The lowest BCUT2D eigenvalue weighted by atomic mass is 10.2. The summed E-state index contributed by atoms with van der Waals surface area (Å²) in [4.78, 5) is 24.0. The topological polar surface area (TPSA) is 73.9 Å². The summed E-state index contributed by atoms with van der Waals surface area (Å²) in [5.41, 5.74) is 0.747. The van der Waals surface area contributed by atoms with E-state index in [1.807, 2.05) is 0 Å². The standard InChI is InChI=1S/C20H18FNO5/c1-13(27-19(23)9-6-14-4-2-3-5-16(14)21)20(24)22-15-7-8-17-18(12-15)26-11-10-25-17/h2-9,12-13H,10-11H2,1H3,(H,22,24)/b9-6+. The SMILES string of the molecule is CC(OC(=O)/C=C/c1ccccc1F)C(=O)Nc1ccc2c(c1)OCCO2. The number of nitrogens with one attached hydrogen (secondary N) is 1. The molecule has 3 rings (SSSR count). The molecular weight excluding hydrogens is 353 g/mol. The molecule has 1 amide bonds. The van der Waals surface area contributed by atoms with Crippen LogP contribution >= 0.6 is 0 Å². The minimum Gasteiger partial charge on any atom is -0.486 e. The Bertz CT molecular complexity index is 880. The summed E-state index contributed by atoms with van der Waals surface area (Å²) in [6.07, 6.45) is 1.34. The molecule has 1 N–H and O–H groups in total. The molecule has 1 aliphatic rings. The number of fused-ring (bicyclic) bond motifs is 1. The molecule has 1 unspecified atom stereocenters. The van der Waals surface area contributed by atoms with Crippen molar-refractivity contribution in [1.82, 2.24) is 0 Å². The smallest absolute Gasteiger partial charge is 0.331 e. The largest absolute Gasteiger partial charge is 0.486 e. The van der Waals surface area contributed by atoms with E-state index in [9.17, 15) is 14.0 Å². The van der Waals surface area contributed by atoms with E-state index in [0.29, 0.717) is 30.4 Å². The van der Waals surface area contributed by atoms with Crippen LogP contribution in [0.3, 0.4) is 0 Å². The lowest BCUT2D eigenvalue weighted by Crippen LogP contribution is -2.29. The summed E-state index contributed by atoms with van der Waals surface area (Å²) in [6.45, 7) is 2.36. The number of benzene rings is 2. The average Bonchev–Trinajstić information content (AvgIpc) is 2.67. The van der Waals surface area contributed by atoms with Crippen LogP contribution in [0, 0.1) is 5.82 Å². The highest BCUT2D eigenvalue weighted by Gasteiger charge is 2.18. The van der Waals surface area contributed by atoms with Gasteiger partial charge in [-0.15, -0.1) is 0 Å². The first-order valence-corrected chi connectivity index (χ1v) is 8.36. The Balaban J connectivity index is 1.56. The maximum Gasteiger partial charge on any atom is 0.331 e. The molecule has 0 aromatic heterocycles. The molecule has 27 heavy (non-hydrogen) atoms. The number of carbonyl (C=O) groups excluding carboxylic acids is 2. The second kappa shape index (κ2) is 8.35. The second-order valence-corrected chi connectivity index (χ2v) is 5.78. The van der Waals surface area contributed by atoms with Crippen LogP contribution in [0.15, 0.2) is 48.5 Å². The summed E-state index contributed by atoms with van der Waals surface area (Å²) in [6, 6.07) is 11.0. The number of rotatable bonds is 5. The van der Waals surface area contributed by atoms with Gasteiger partial charge in [0.05, 0.1) is 0 Å². The van der Waals surface area contributed by atoms with E-state index in [2.05, 4.69) is 5.32 Å². The van der Waals surface area contributed by atoms with Gasteiger partial charge in [-0.05, 0) is 31.2 Å². The third kappa shape index (κ3) is 4.84. The van der Waals surface area contributed by atoms with Crippen molar-refractivity contribution in [1.29, 1.82) is 0 Å². The van der Waals surface area contributed by atoms with Gasteiger partial charge < -0.3 is 19.5 Å². The summed E-state index contributed by atoms with van der Waals surface area (Å²) in [5, 5.41) is 2.64. The summed E-state index contributed by atoms with van der Waals surface area (Å²) in [7, 11) is 0. The number of esters is 1. The van der Waals surface area contributed by atoms with E-state index in [-0.39, 0.29) is 5.56 Å². The third-order valence-electron chi connectivity index (χ3n) is 3.78. The highest BCUT2D eigenvalue weighted by atomic mass is 19.1. The third-order valence-corrected chi connectivity index (χ3v) is 3.78. The molecule has 0 saturated heterocycles. The maximum absolute atomic E-state index is 13.5. The van der Waals surface area contributed by atoms with Crippen LogP contribution in [0.5, 0.6) is 11.5 Å². The predicted molar refractivity (Wildman–Crippen MR) is 97.0 cm³/mol. The Labute approximate surface area is 155 Å². The van der Waals surface area contributed by atoms with Crippen LogP contribution in [0.25, 0.3) is 6.08 Å². The highest BCUT2D eigenvalue weighted by molar-refractivity contribution is 5.96. The zero-order chi connectivity index (χ0) is 19.2. The number of anilines is 1. The van der Waals surface area contributed by atoms with Crippen LogP contribution in [0.1, 0.15) is 12.5 Å². The number of amides is 1. The van der Waals surface area contributed by atoms with Gasteiger partial charge in [-0.2, -0.15) is 0 Å². The van der Waals surface area contributed by atoms with Crippen molar-refractivity contribution in [3.8, 4) is 11.5 Å². The van der Waals surface area contributed by atoms with Crippen LogP contribution in [-0.4, -0.2) is 31.2 Å². The Kier molecular flexibility index (Phi) is 5.71. The molecule has 1 aliphatic heterocycles. The van der Waals surface area contributed by atoms with Crippen molar-refractivity contribution in [3.05, 3.63) is 59.9 Å². The van der Waals surface area contributed by atoms with Gasteiger partial charge in [0.2, 0.25) is 0 Å². The molecule has 6 nitrogen and oxygen atoms in total. The van der Waals surface area contributed by atoms with Gasteiger partial charge in [-0.1, -0.05) is 18.2 Å². The molecule has 0 bridgehead atoms. The zero-order valence-corrected chi connectivity index (χ0v) is 14.6. The van der Waals surface area contributed by atoms with Crippen LogP contribution in [0.2, 0.25) is 0 Å². The molecule has 7 heteroatoms. The number of hydrogen-bond acceptors (Lipinski definition) is 5. The molecule has 0 fully saturated rings. The highest BCUT2D eigenvalue weighted by Crippen LogP contribution is 2.32. The van der Waals surface area contributed by atoms with Crippen molar-refractivity contribution in [2.45, 2.75) is 13.0 Å². The average molecular weight is 371 g/mol. The Hall–Kier alpha value is -3.35. The maximum atomic E-state index is 13.5. The Morgan fingerprint density at radius 3 is 2.67 bits per heavy atom. The first-order valence-electron chi connectivity index (χ1n) is 8.36. The first kappa shape index (κ1) is 18.4. The van der Waals surface area contributed by atoms with E-state index in [1.54, 1.807) is 30.3 Å². The van der Waals surface area contributed by atoms with Gasteiger partial charge in [0.1, 0.15) is 19.0 Å². The van der Waals surface area contributed by atoms with E-state index in [0.717, 1.165) is 6.08 Å². The van der Waals surface area contributed by atoms with Gasteiger partial charge >= 0.3 is 5.97 Å². The van der Waals surface area contributed by atoms with Crippen LogP contribution < -0.4 is 14.8 Å². The van der Waals surface area contributed by atoms with Crippen molar-refractivity contribution in [3.63, 3.8) is 0 Å². The Morgan fingerprint density at radius 1 is 1.15 bits per heavy atom. The van der Waals surface area contributed by atoms with Crippen molar-refractivity contribution >= 4 is 23.6 Å². The molecule has 2 aromatic rings. The normalized spacial score (nSPS) is 13.9. The molecule has 0 radical (unpaired) electrons. The van der Waals surface area contributed by atoms with Crippen LogP contribution in [-0.2, 0) is 14.3 Å². The fourth-order valence-electron chi connectivity index (χ4n) is 2.40. The van der Waals surface area contributed by atoms with Gasteiger partial charge in [-0.25, -0.2) is 9.18 Å². The quantitative estimate of drug-likeness (QED) is 0.646. The number of ether oxygens (including phenoxy) is 3. The lowest BCUT2D eigenvalue weighted by Gasteiger charge is -2.19. The molecule has 1 heterocycles. The molecule has 2 aromatic carbocycles. The van der Waals surface area contributed by atoms with Crippen LogP contribution in [0.4, 0.5) is 10.1 Å². The lowest BCUT2D eigenvalue weighted by molar-refractivity contribution is -0.148. The van der Waals surface area contributed by atoms with E-state index >= 15 is 0 Å². The van der Waals surface area contributed by atoms with Gasteiger partial charge in [-0.3, -0.25) is 4.79 Å². The van der Waals surface area contributed by atoms with E-state index < -0.39 is 23.8 Å². The van der Waals surface area contributed by atoms with Gasteiger partial charge in [0.15, 0.2) is 17.6 Å². The summed E-state index contributed by atoms with van der Waals surface area (Å²) < 4.78 is 29.4.